The van der Waals surface area contributed by atoms with Crippen molar-refractivity contribution in [1.29, 1.82) is 0 Å². The second kappa shape index (κ2) is 4.42. The lowest BCUT2D eigenvalue weighted by Crippen LogP contribution is -2.18. The quantitative estimate of drug-likeness (QED) is 0.833. The Balaban J connectivity index is 1.92. The molecule has 0 saturated carbocycles. The molecule has 0 aliphatic carbocycles. The number of aliphatic hydroxyl groups is 1. The van der Waals surface area contributed by atoms with Gasteiger partial charge in [0.25, 0.3) is 0 Å². The van der Waals surface area contributed by atoms with Crippen molar-refractivity contribution in [2.24, 2.45) is 0 Å². The lowest BCUT2D eigenvalue weighted by molar-refractivity contribution is 0.0657. The van der Waals surface area contributed by atoms with Gasteiger partial charge in [0.1, 0.15) is 17.7 Å². The van der Waals surface area contributed by atoms with E-state index in [4.69, 9.17) is 4.74 Å². The number of benzene rings is 2. The van der Waals surface area contributed by atoms with Gasteiger partial charge in [0.05, 0.1) is 6.10 Å². The molecule has 0 radical (unpaired) electrons. The number of hydrogen-bond donors (Lipinski definition) is 1. The summed E-state index contributed by atoms with van der Waals surface area (Å²) >= 11 is 0. The first-order valence-corrected chi connectivity index (χ1v) is 5.93. The molecule has 1 heterocycles. The summed E-state index contributed by atoms with van der Waals surface area (Å²) in [5.74, 6) is 0.432. The van der Waals surface area contributed by atoms with Crippen LogP contribution in [0.5, 0.6) is 5.75 Å². The SMILES string of the molecule is O[C@H]1C[C@@H](c2ccc(F)cc2)Oc2ccccc21. The van der Waals surface area contributed by atoms with Gasteiger partial charge in [0, 0.05) is 12.0 Å². The zero-order valence-electron chi connectivity index (χ0n) is 9.71. The summed E-state index contributed by atoms with van der Waals surface area (Å²) < 4.78 is 18.7. The molecule has 0 amide bonds. The van der Waals surface area contributed by atoms with E-state index in [1.807, 2.05) is 24.3 Å². The number of halogens is 1. The molecule has 0 bridgehead atoms. The van der Waals surface area contributed by atoms with Gasteiger partial charge in [-0.25, -0.2) is 4.39 Å². The summed E-state index contributed by atoms with van der Waals surface area (Å²) in [5.41, 5.74) is 1.70. The topological polar surface area (TPSA) is 29.5 Å². The zero-order valence-corrected chi connectivity index (χ0v) is 9.71. The Morgan fingerprint density at radius 3 is 2.56 bits per heavy atom. The highest BCUT2D eigenvalue weighted by Gasteiger charge is 2.27. The Hall–Kier alpha value is -1.87. The van der Waals surface area contributed by atoms with Crippen LogP contribution >= 0.6 is 0 Å². The van der Waals surface area contributed by atoms with E-state index in [2.05, 4.69) is 0 Å². The second-order valence-corrected chi connectivity index (χ2v) is 4.45. The molecule has 0 unspecified atom stereocenters. The van der Waals surface area contributed by atoms with Crippen molar-refractivity contribution in [1.82, 2.24) is 0 Å². The molecular formula is C15H13FO2. The van der Waals surface area contributed by atoms with E-state index in [1.165, 1.54) is 12.1 Å². The zero-order chi connectivity index (χ0) is 12.5. The Bertz CT molecular complexity index is 551. The summed E-state index contributed by atoms with van der Waals surface area (Å²) in [4.78, 5) is 0. The standard InChI is InChI=1S/C15H13FO2/c16-11-7-5-10(6-8-11)15-9-13(17)12-3-1-2-4-14(12)18-15/h1-8,13,15,17H,9H2/t13-,15-/m0/s1. The maximum atomic E-state index is 12.9. The van der Waals surface area contributed by atoms with Gasteiger partial charge in [0.2, 0.25) is 0 Å². The molecule has 0 spiro atoms. The first kappa shape index (κ1) is 11.2. The van der Waals surface area contributed by atoms with Crippen molar-refractivity contribution in [2.45, 2.75) is 18.6 Å². The molecule has 2 atom stereocenters. The van der Waals surface area contributed by atoms with E-state index < -0.39 is 6.10 Å². The molecular weight excluding hydrogens is 231 g/mol. The predicted octanol–water partition coefficient (Wildman–Crippen LogP) is 3.38. The van der Waals surface area contributed by atoms with Crippen molar-refractivity contribution in [3.05, 3.63) is 65.5 Å². The van der Waals surface area contributed by atoms with E-state index in [0.717, 1.165) is 11.1 Å². The Morgan fingerprint density at radius 1 is 1.06 bits per heavy atom. The van der Waals surface area contributed by atoms with Crippen LogP contribution in [0.3, 0.4) is 0 Å². The number of fused-ring (bicyclic) bond motifs is 1. The molecule has 1 N–H and O–H groups in total. The third-order valence-electron chi connectivity index (χ3n) is 3.23. The Kier molecular flexibility index (Phi) is 2.76. The highest BCUT2D eigenvalue weighted by Crippen LogP contribution is 2.40. The molecule has 2 nitrogen and oxygen atoms in total. The number of hydrogen-bond acceptors (Lipinski definition) is 2. The van der Waals surface area contributed by atoms with Gasteiger partial charge in [0.15, 0.2) is 0 Å². The number of ether oxygens (including phenoxy) is 1. The van der Waals surface area contributed by atoms with E-state index in [9.17, 15) is 9.50 Å². The molecule has 1 aliphatic rings. The first-order chi connectivity index (χ1) is 8.74. The third kappa shape index (κ3) is 1.97. The smallest absolute Gasteiger partial charge is 0.127 e. The lowest BCUT2D eigenvalue weighted by Gasteiger charge is -2.29. The molecule has 18 heavy (non-hydrogen) atoms. The van der Waals surface area contributed by atoms with Crippen molar-refractivity contribution >= 4 is 0 Å². The number of aliphatic hydroxyl groups excluding tert-OH is 1. The maximum Gasteiger partial charge on any atom is 0.127 e. The largest absolute Gasteiger partial charge is 0.485 e. The molecule has 2 aromatic carbocycles. The number of rotatable bonds is 1. The van der Waals surface area contributed by atoms with Crippen molar-refractivity contribution in [3.8, 4) is 5.75 Å². The Morgan fingerprint density at radius 2 is 1.78 bits per heavy atom. The molecule has 1 aliphatic heterocycles. The van der Waals surface area contributed by atoms with E-state index in [-0.39, 0.29) is 11.9 Å². The average Bonchev–Trinajstić information content (AvgIpc) is 2.39. The van der Waals surface area contributed by atoms with E-state index in [0.29, 0.717) is 12.2 Å². The van der Waals surface area contributed by atoms with Crippen LogP contribution in [0.1, 0.15) is 29.8 Å². The summed E-state index contributed by atoms with van der Waals surface area (Å²) in [6, 6.07) is 13.7. The minimum Gasteiger partial charge on any atom is -0.485 e. The third-order valence-corrected chi connectivity index (χ3v) is 3.23. The minimum atomic E-state index is -0.537. The second-order valence-electron chi connectivity index (χ2n) is 4.45. The molecule has 2 aromatic rings. The highest BCUT2D eigenvalue weighted by molar-refractivity contribution is 5.38. The van der Waals surface area contributed by atoms with Crippen molar-refractivity contribution in [3.63, 3.8) is 0 Å². The highest BCUT2D eigenvalue weighted by atomic mass is 19.1. The van der Waals surface area contributed by atoms with E-state index in [1.54, 1.807) is 12.1 Å². The van der Waals surface area contributed by atoms with Gasteiger partial charge in [-0.2, -0.15) is 0 Å². The summed E-state index contributed by atoms with van der Waals surface area (Å²) in [6.07, 6.45) is -0.275. The van der Waals surface area contributed by atoms with Gasteiger partial charge in [-0.05, 0) is 23.8 Å². The lowest BCUT2D eigenvalue weighted by atomic mass is 9.95. The summed E-state index contributed by atoms with van der Waals surface area (Å²) in [6.45, 7) is 0. The van der Waals surface area contributed by atoms with Crippen LogP contribution in [0.2, 0.25) is 0 Å². The van der Waals surface area contributed by atoms with Gasteiger partial charge in [-0.3, -0.25) is 0 Å². The van der Waals surface area contributed by atoms with Crippen molar-refractivity contribution < 1.29 is 14.2 Å². The predicted molar refractivity (Wildman–Crippen MR) is 65.8 cm³/mol. The molecule has 92 valence electrons. The molecule has 3 rings (SSSR count). The van der Waals surface area contributed by atoms with Gasteiger partial charge in [-0.15, -0.1) is 0 Å². The molecule has 0 aromatic heterocycles. The van der Waals surface area contributed by atoms with Crippen LogP contribution in [-0.4, -0.2) is 5.11 Å². The van der Waals surface area contributed by atoms with Gasteiger partial charge in [-0.1, -0.05) is 30.3 Å². The molecule has 3 heteroatoms. The van der Waals surface area contributed by atoms with Crippen LogP contribution in [0, 0.1) is 5.82 Å². The average molecular weight is 244 g/mol. The van der Waals surface area contributed by atoms with Crippen LogP contribution in [0.25, 0.3) is 0 Å². The minimum absolute atomic E-state index is 0.226. The molecule has 0 saturated heterocycles. The fourth-order valence-electron chi connectivity index (χ4n) is 2.28. The monoisotopic (exact) mass is 244 g/mol. The maximum absolute atomic E-state index is 12.9. The van der Waals surface area contributed by atoms with Crippen LogP contribution in [-0.2, 0) is 0 Å². The van der Waals surface area contributed by atoms with Crippen LogP contribution in [0.15, 0.2) is 48.5 Å². The van der Waals surface area contributed by atoms with Gasteiger partial charge >= 0.3 is 0 Å². The van der Waals surface area contributed by atoms with Crippen molar-refractivity contribution in [2.75, 3.05) is 0 Å². The first-order valence-electron chi connectivity index (χ1n) is 5.93. The van der Waals surface area contributed by atoms with Gasteiger partial charge < -0.3 is 9.84 Å². The normalized spacial score (nSPS) is 22.1. The fourth-order valence-corrected chi connectivity index (χ4v) is 2.28. The summed E-state index contributed by atoms with van der Waals surface area (Å²) in [7, 11) is 0. The Labute approximate surface area is 105 Å². The molecule has 0 fully saturated rings. The van der Waals surface area contributed by atoms with Crippen LogP contribution in [0.4, 0.5) is 4.39 Å². The fraction of sp³-hybridized carbons (Fsp3) is 0.200. The summed E-state index contributed by atoms with van der Waals surface area (Å²) in [5, 5.41) is 10.1. The van der Waals surface area contributed by atoms with E-state index >= 15 is 0 Å². The number of para-hydroxylation sites is 1. The van der Waals surface area contributed by atoms with Crippen LogP contribution < -0.4 is 4.74 Å².